The molecule has 3 aromatic heterocycles. The van der Waals surface area contributed by atoms with E-state index >= 15 is 4.79 Å². The number of nitrogens with one attached hydrogen (secondary N) is 2. The molecule has 8 heterocycles. The van der Waals surface area contributed by atoms with Crippen molar-refractivity contribution in [2.75, 3.05) is 72.7 Å². The molecule has 4 saturated heterocycles. The molecular weight excluding hydrogens is 935 g/mol. The van der Waals surface area contributed by atoms with Crippen LogP contribution in [0.5, 0.6) is 0 Å². The molecule has 7 aliphatic rings. The molecule has 408 valence electrons. The standard InChI is InChI=1S/C62H91N9O4/c1-10-28-67(36-45-19-14-21-51-53(45)50(33-61(7,8)23-18-31-72)59(69(51)11-2)49-32-46(47-37-75-38-47)34-64-55(49)44(6)74-9)35-41(3)57(68-39-62(40-68)24-17-25-62)54(43(5)71-30-13-12-27-65-71)66-60(73)58-42(4)48-20-15-26-63-56(48)52-22-16-29-70(52)58/h14-15,20-21,26,31-32,34,41-42,44-45,47,52,54,57-58,65H,5,10-13,16-19,22-25,27-30,33,35-40H2,1-4,6-9H3,(H,66,73)/t41?,42?,44-,45?,52+,54+,57+,58-/m0/s1. The highest BCUT2D eigenvalue weighted by Crippen LogP contribution is 2.51. The number of fused-ring (bicyclic) bond motifs is 4. The highest BCUT2D eigenvalue weighted by atomic mass is 16.5. The number of nitrogens with zero attached hydrogens (tertiary/aromatic N) is 7. The van der Waals surface area contributed by atoms with Gasteiger partial charge in [0, 0.05) is 112 Å². The summed E-state index contributed by atoms with van der Waals surface area (Å²) in [7, 11) is 1.78. The molecule has 5 fully saturated rings. The minimum atomic E-state index is -0.272. The Morgan fingerprint density at radius 3 is 2.61 bits per heavy atom. The zero-order valence-corrected chi connectivity index (χ0v) is 47.0. The van der Waals surface area contributed by atoms with Crippen LogP contribution >= 0.6 is 0 Å². The van der Waals surface area contributed by atoms with Crippen molar-refractivity contribution in [3.63, 3.8) is 0 Å². The molecule has 10 rings (SSSR count). The second-order valence-electron chi connectivity index (χ2n) is 24.9. The predicted molar refractivity (Wildman–Crippen MR) is 299 cm³/mol. The number of likely N-dealkylation sites (tertiary alicyclic amines) is 1. The third-order valence-corrected chi connectivity index (χ3v) is 19.1. The fourth-order valence-electron chi connectivity index (χ4n) is 14.9. The lowest BCUT2D eigenvalue weighted by molar-refractivity contribution is -0.132. The molecule has 1 spiro atoms. The Balaban J connectivity index is 1.01. The summed E-state index contributed by atoms with van der Waals surface area (Å²) in [5.41, 5.74) is 16.1. The number of carbonyl (C=O) groups is 2. The fourth-order valence-corrected chi connectivity index (χ4v) is 14.9. The van der Waals surface area contributed by atoms with E-state index in [2.05, 4.69) is 108 Å². The summed E-state index contributed by atoms with van der Waals surface area (Å²) in [5, 5.41) is 6.15. The van der Waals surface area contributed by atoms with Crippen molar-refractivity contribution in [3.8, 4) is 11.3 Å². The largest absolute Gasteiger partial charge is 0.380 e. The number of hydrogen-bond acceptors (Lipinski definition) is 11. The van der Waals surface area contributed by atoms with Crippen LogP contribution < -0.4 is 10.7 Å². The van der Waals surface area contributed by atoms with Crippen molar-refractivity contribution in [2.45, 2.75) is 180 Å². The quantitative estimate of drug-likeness (QED) is 0.0884. The monoisotopic (exact) mass is 1030 g/mol. The van der Waals surface area contributed by atoms with E-state index in [1.54, 1.807) is 7.11 Å². The van der Waals surface area contributed by atoms with Gasteiger partial charge in [-0.3, -0.25) is 24.6 Å². The van der Waals surface area contributed by atoms with Gasteiger partial charge in [0.1, 0.15) is 6.29 Å². The summed E-state index contributed by atoms with van der Waals surface area (Å²) in [6.07, 6.45) is 22.1. The molecule has 0 radical (unpaired) electrons. The molecule has 13 heteroatoms. The van der Waals surface area contributed by atoms with E-state index in [4.69, 9.17) is 26.0 Å². The highest BCUT2D eigenvalue weighted by Gasteiger charge is 2.53. The number of ether oxygens (including phenoxy) is 2. The number of carbonyl (C=O) groups excluding carboxylic acids is 2. The van der Waals surface area contributed by atoms with E-state index in [1.165, 1.54) is 52.9 Å². The van der Waals surface area contributed by atoms with Crippen molar-refractivity contribution < 1.29 is 19.1 Å². The Morgan fingerprint density at radius 1 is 1.12 bits per heavy atom. The molecule has 8 atom stereocenters. The first-order valence-corrected chi connectivity index (χ1v) is 29.4. The maximum Gasteiger partial charge on any atom is 0.238 e. The zero-order valence-electron chi connectivity index (χ0n) is 47.0. The zero-order chi connectivity index (χ0) is 52.6. The molecule has 75 heavy (non-hydrogen) atoms. The van der Waals surface area contributed by atoms with Crippen molar-refractivity contribution in [2.24, 2.45) is 16.7 Å². The van der Waals surface area contributed by atoms with Gasteiger partial charge in [-0.05, 0) is 148 Å². The smallest absolute Gasteiger partial charge is 0.238 e. The molecule has 2 aliphatic carbocycles. The Morgan fingerprint density at radius 2 is 1.93 bits per heavy atom. The van der Waals surface area contributed by atoms with Crippen LogP contribution in [0.3, 0.4) is 0 Å². The molecule has 1 amide bonds. The van der Waals surface area contributed by atoms with Crippen molar-refractivity contribution >= 4 is 18.3 Å². The number of allylic oxidation sites excluding steroid dienone is 1. The first-order valence-electron chi connectivity index (χ1n) is 29.4. The molecule has 0 aromatic carbocycles. The lowest BCUT2D eigenvalue weighted by atomic mass is 9.62. The molecule has 5 aliphatic heterocycles. The number of amides is 1. The maximum atomic E-state index is 15.5. The van der Waals surface area contributed by atoms with Gasteiger partial charge in [0.25, 0.3) is 0 Å². The normalized spacial score (nSPS) is 25.1. The van der Waals surface area contributed by atoms with Gasteiger partial charge in [0.15, 0.2) is 0 Å². The molecule has 0 bridgehead atoms. The van der Waals surface area contributed by atoms with Crippen molar-refractivity contribution in [3.05, 3.63) is 88.3 Å². The maximum absolute atomic E-state index is 15.5. The lowest BCUT2D eigenvalue weighted by Gasteiger charge is -2.61. The number of rotatable bonds is 23. The predicted octanol–water partition coefficient (Wildman–Crippen LogP) is 9.96. The van der Waals surface area contributed by atoms with Gasteiger partial charge in [-0.1, -0.05) is 59.8 Å². The molecule has 3 aromatic rings. The topological polar surface area (TPSA) is 120 Å². The SMILES string of the molecule is C=C([C@@H](NC(=O)[C@@H]1C(C)c2cccnc2[C@H]2CCCN21)[C@@H](C(C)CN(CCC)CC1CC=Cc2c1c(CC(C)(C)CCC=O)c(-c1cc(C3COC3)cnc1[C@H](C)OC)n2CC)N1CC2(CCC2)C1)N1CCCCN1. The van der Waals surface area contributed by atoms with Crippen LogP contribution in [0.1, 0.15) is 188 Å². The van der Waals surface area contributed by atoms with E-state index in [0.717, 1.165) is 152 Å². The van der Waals surface area contributed by atoms with Crippen LogP contribution in [0.2, 0.25) is 0 Å². The molecule has 1 saturated carbocycles. The summed E-state index contributed by atoms with van der Waals surface area (Å²) < 4.78 is 14.3. The third kappa shape index (κ3) is 10.7. The number of hydrogen-bond donors (Lipinski definition) is 2. The second-order valence-corrected chi connectivity index (χ2v) is 24.9. The Labute approximate surface area is 449 Å². The van der Waals surface area contributed by atoms with Gasteiger partial charge < -0.3 is 34.1 Å². The van der Waals surface area contributed by atoms with Crippen LogP contribution in [-0.4, -0.2) is 137 Å². The van der Waals surface area contributed by atoms with Crippen LogP contribution in [0.4, 0.5) is 0 Å². The summed E-state index contributed by atoms with van der Waals surface area (Å²) in [6, 6.07) is 6.34. The van der Waals surface area contributed by atoms with Gasteiger partial charge in [-0.2, -0.15) is 0 Å². The first kappa shape index (κ1) is 54.1. The van der Waals surface area contributed by atoms with Crippen molar-refractivity contribution in [1.29, 1.82) is 0 Å². The molecular formula is C62H91N9O4. The molecule has 3 unspecified atom stereocenters. The number of methoxy groups -OCH3 is 1. The van der Waals surface area contributed by atoms with Crippen LogP contribution in [0.25, 0.3) is 17.3 Å². The fraction of sp³-hybridized carbons (Fsp3) is 0.677. The van der Waals surface area contributed by atoms with E-state index in [-0.39, 0.29) is 59.3 Å². The average molecular weight is 1030 g/mol. The van der Waals surface area contributed by atoms with E-state index in [9.17, 15) is 4.79 Å². The van der Waals surface area contributed by atoms with Gasteiger partial charge >= 0.3 is 0 Å². The van der Waals surface area contributed by atoms with Crippen LogP contribution in [0.15, 0.2) is 48.9 Å². The summed E-state index contributed by atoms with van der Waals surface area (Å²) in [5.74, 6) is 0.950. The second kappa shape index (κ2) is 23.0. The number of aromatic nitrogens is 3. The van der Waals surface area contributed by atoms with Gasteiger partial charge in [0.2, 0.25) is 5.91 Å². The summed E-state index contributed by atoms with van der Waals surface area (Å²) in [4.78, 5) is 45.5. The van der Waals surface area contributed by atoms with E-state index in [1.807, 2.05) is 18.5 Å². The minimum Gasteiger partial charge on any atom is -0.380 e. The van der Waals surface area contributed by atoms with Crippen molar-refractivity contribution in [1.82, 2.24) is 45.0 Å². The lowest BCUT2D eigenvalue weighted by Crippen LogP contribution is -2.70. The minimum absolute atomic E-state index is 0.0220. The molecule has 13 nitrogen and oxygen atoms in total. The van der Waals surface area contributed by atoms with Crippen LogP contribution in [0, 0.1) is 16.7 Å². The van der Waals surface area contributed by atoms with Gasteiger partial charge in [0.05, 0.1) is 54.5 Å². The number of aldehydes is 1. The number of hydrazine groups is 1. The average Bonchev–Trinajstić information content (AvgIpc) is 4.00. The summed E-state index contributed by atoms with van der Waals surface area (Å²) in [6.45, 7) is 31.0. The number of pyridine rings is 2. The van der Waals surface area contributed by atoms with E-state index in [0.29, 0.717) is 17.8 Å². The molecule has 2 N–H and O–H groups in total. The highest BCUT2D eigenvalue weighted by molar-refractivity contribution is 5.84. The Hall–Kier alpha value is -4.24. The van der Waals surface area contributed by atoms with Crippen LogP contribution in [-0.2, 0) is 32.0 Å². The Kier molecular flexibility index (Phi) is 16.6. The van der Waals surface area contributed by atoms with Gasteiger partial charge in [-0.15, -0.1) is 0 Å². The third-order valence-electron chi connectivity index (χ3n) is 19.1. The van der Waals surface area contributed by atoms with E-state index < -0.39 is 0 Å². The first-order chi connectivity index (χ1) is 36.3. The van der Waals surface area contributed by atoms with Gasteiger partial charge in [-0.25, -0.2) is 5.43 Å². The Bertz CT molecular complexity index is 2530. The summed E-state index contributed by atoms with van der Waals surface area (Å²) >= 11 is 0.